The normalized spacial score (nSPS) is 16.8. The van der Waals surface area contributed by atoms with Gasteiger partial charge in [0.1, 0.15) is 5.69 Å². The van der Waals surface area contributed by atoms with Crippen molar-refractivity contribution >= 4 is 33.0 Å². The van der Waals surface area contributed by atoms with Crippen LogP contribution in [0.5, 0.6) is 5.75 Å². The average Bonchev–Trinajstić information content (AvgIpc) is 3.71. The first kappa shape index (κ1) is 30.3. The molecule has 0 radical (unpaired) electrons. The van der Waals surface area contributed by atoms with Gasteiger partial charge in [-0.25, -0.2) is 8.42 Å². The molecule has 10 nitrogen and oxygen atoms in total. The minimum atomic E-state index is -3.55. The Hall–Kier alpha value is -3.12. The Labute approximate surface area is 252 Å². The number of halogens is 1. The van der Waals surface area contributed by atoms with Gasteiger partial charge in [0.05, 0.1) is 30.9 Å². The summed E-state index contributed by atoms with van der Waals surface area (Å²) in [7, 11) is -3.55. The smallest absolute Gasteiger partial charge is 0.316 e. The molecule has 3 aromatic rings. The monoisotopic (exact) mass is 615 g/mol. The topological polar surface area (TPSA) is 106 Å². The zero-order valence-corrected chi connectivity index (χ0v) is 25.7. The molecule has 226 valence electrons. The van der Waals surface area contributed by atoms with Crippen molar-refractivity contribution in [3.63, 3.8) is 0 Å². The standard InChI is InChI=1S/C30H38ClN5O5S/c1-3-40-17-12-32-25-8-4-6-23(18-25)21-42(38,39)35-15-13-34(14-16-35)27-20-33-36(26-9-5-7-24(31)19-26)29(37)28(27)41-22-30(2)10-11-30/h4-9,18-20,32H,3,10-17,21-22H2,1-2H3. The van der Waals surface area contributed by atoms with E-state index in [1.165, 1.54) is 8.99 Å². The van der Waals surface area contributed by atoms with E-state index in [9.17, 15) is 13.2 Å². The van der Waals surface area contributed by atoms with E-state index < -0.39 is 10.0 Å². The van der Waals surface area contributed by atoms with Crippen molar-refractivity contribution < 1.29 is 17.9 Å². The molecular weight excluding hydrogens is 578 g/mol. The van der Waals surface area contributed by atoms with Crippen LogP contribution in [0.15, 0.2) is 59.5 Å². The van der Waals surface area contributed by atoms with Crippen LogP contribution in [0.4, 0.5) is 11.4 Å². The SMILES string of the molecule is CCOCCNc1cccc(CS(=O)(=O)N2CCN(c3cnn(-c4cccc(Cl)c4)c(=O)c3OCC3(C)CC3)CC2)c1. The van der Waals surface area contributed by atoms with Gasteiger partial charge in [0.25, 0.3) is 0 Å². The van der Waals surface area contributed by atoms with Gasteiger partial charge in [-0.2, -0.15) is 14.1 Å². The molecule has 0 spiro atoms. The maximum atomic E-state index is 13.6. The minimum Gasteiger partial charge on any atom is -0.486 e. The summed E-state index contributed by atoms with van der Waals surface area (Å²) in [6, 6.07) is 14.4. The zero-order chi connectivity index (χ0) is 29.7. The Bertz CT molecular complexity index is 1550. The van der Waals surface area contributed by atoms with Gasteiger partial charge in [-0.05, 0) is 55.7 Å². The number of nitrogens with zero attached hydrogens (tertiary/aromatic N) is 4. The largest absolute Gasteiger partial charge is 0.486 e. The van der Waals surface area contributed by atoms with Gasteiger partial charge in [0.15, 0.2) is 0 Å². The van der Waals surface area contributed by atoms with Gasteiger partial charge in [-0.3, -0.25) is 4.79 Å². The van der Waals surface area contributed by atoms with Crippen LogP contribution in [0.1, 0.15) is 32.3 Å². The zero-order valence-electron chi connectivity index (χ0n) is 24.1. The summed E-state index contributed by atoms with van der Waals surface area (Å²) in [6.07, 6.45) is 3.73. The van der Waals surface area contributed by atoms with Gasteiger partial charge in [-0.15, -0.1) is 0 Å². The second-order valence-electron chi connectivity index (χ2n) is 11.1. The number of sulfonamides is 1. The Morgan fingerprint density at radius 3 is 2.55 bits per heavy atom. The Morgan fingerprint density at radius 1 is 1.07 bits per heavy atom. The fourth-order valence-electron chi connectivity index (χ4n) is 4.88. The predicted octanol–water partition coefficient (Wildman–Crippen LogP) is 4.17. The molecule has 0 unspecified atom stereocenters. The quantitative estimate of drug-likeness (QED) is 0.286. The summed E-state index contributed by atoms with van der Waals surface area (Å²) in [5.74, 6) is 0.140. The third-order valence-corrected chi connectivity index (χ3v) is 9.75. The molecule has 42 heavy (non-hydrogen) atoms. The summed E-state index contributed by atoms with van der Waals surface area (Å²) in [4.78, 5) is 15.6. The van der Waals surface area contributed by atoms with Gasteiger partial charge in [0, 0.05) is 55.5 Å². The summed E-state index contributed by atoms with van der Waals surface area (Å²) in [5, 5.41) is 8.19. The molecule has 2 heterocycles. The van der Waals surface area contributed by atoms with Gasteiger partial charge in [-0.1, -0.05) is 36.7 Å². The first-order chi connectivity index (χ1) is 20.2. The van der Waals surface area contributed by atoms with Crippen LogP contribution >= 0.6 is 11.6 Å². The van der Waals surface area contributed by atoms with E-state index in [0.717, 1.165) is 24.1 Å². The molecule has 1 aromatic heterocycles. The summed E-state index contributed by atoms with van der Waals surface area (Å²) < 4.78 is 41.0. The van der Waals surface area contributed by atoms with Gasteiger partial charge < -0.3 is 19.7 Å². The number of hydrogen-bond acceptors (Lipinski definition) is 8. The highest BCUT2D eigenvalue weighted by atomic mass is 35.5. The van der Waals surface area contributed by atoms with Gasteiger partial charge >= 0.3 is 5.56 Å². The molecule has 5 rings (SSSR count). The molecule has 1 N–H and O–H groups in total. The van der Waals surface area contributed by atoms with E-state index >= 15 is 0 Å². The van der Waals surface area contributed by atoms with Crippen molar-refractivity contribution in [3.8, 4) is 11.4 Å². The molecule has 2 aromatic carbocycles. The molecule has 1 saturated carbocycles. The van der Waals surface area contributed by atoms with Crippen LogP contribution in [0, 0.1) is 5.41 Å². The van der Waals surface area contributed by atoms with Crippen LogP contribution in [0.3, 0.4) is 0 Å². The van der Waals surface area contributed by atoms with Crippen LogP contribution in [0.25, 0.3) is 5.69 Å². The highest BCUT2D eigenvalue weighted by molar-refractivity contribution is 7.88. The molecular formula is C30H38ClN5O5S. The highest BCUT2D eigenvalue weighted by Gasteiger charge is 2.39. The number of aromatic nitrogens is 2. The van der Waals surface area contributed by atoms with E-state index in [0.29, 0.717) is 68.9 Å². The molecule has 12 heteroatoms. The summed E-state index contributed by atoms with van der Waals surface area (Å²) >= 11 is 6.16. The first-order valence-electron chi connectivity index (χ1n) is 14.3. The second kappa shape index (κ2) is 13.0. The fraction of sp³-hybridized carbons (Fsp3) is 0.467. The van der Waals surface area contributed by atoms with Crippen molar-refractivity contribution in [1.29, 1.82) is 0 Å². The lowest BCUT2D eigenvalue weighted by atomic mass is 10.2. The lowest BCUT2D eigenvalue weighted by Gasteiger charge is -2.35. The van der Waals surface area contributed by atoms with Crippen molar-refractivity contribution in [3.05, 3.63) is 75.7 Å². The average molecular weight is 616 g/mol. The lowest BCUT2D eigenvalue weighted by molar-refractivity contribution is 0.158. The number of anilines is 2. The first-order valence-corrected chi connectivity index (χ1v) is 16.3. The second-order valence-corrected chi connectivity index (χ2v) is 13.5. The molecule has 1 aliphatic heterocycles. The van der Waals surface area contributed by atoms with Crippen LogP contribution in [-0.2, 0) is 20.5 Å². The van der Waals surface area contributed by atoms with Crippen molar-refractivity contribution in [1.82, 2.24) is 14.1 Å². The van der Waals surface area contributed by atoms with E-state index in [1.807, 2.05) is 36.1 Å². The molecule has 0 bridgehead atoms. The van der Waals surface area contributed by atoms with Gasteiger partial charge in [0.2, 0.25) is 15.8 Å². The molecule has 2 fully saturated rings. The number of piperazine rings is 1. The number of ether oxygens (including phenoxy) is 2. The van der Waals surface area contributed by atoms with Crippen LogP contribution in [0.2, 0.25) is 5.02 Å². The van der Waals surface area contributed by atoms with Crippen molar-refractivity contribution in [2.24, 2.45) is 5.41 Å². The molecule has 1 saturated heterocycles. The Morgan fingerprint density at radius 2 is 1.83 bits per heavy atom. The van der Waals surface area contributed by atoms with E-state index in [1.54, 1.807) is 30.5 Å². The number of hydrogen-bond donors (Lipinski definition) is 1. The Kier molecular flexibility index (Phi) is 9.41. The lowest BCUT2D eigenvalue weighted by Crippen LogP contribution is -2.49. The summed E-state index contributed by atoms with van der Waals surface area (Å²) in [5.41, 5.74) is 2.40. The van der Waals surface area contributed by atoms with Crippen LogP contribution in [-0.4, -0.2) is 75.0 Å². The highest BCUT2D eigenvalue weighted by Crippen LogP contribution is 2.45. The molecule has 0 atom stereocenters. The van der Waals surface area contributed by atoms with Crippen molar-refractivity contribution in [2.45, 2.75) is 32.4 Å². The molecule has 2 aliphatic rings. The third kappa shape index (κ3) is 7.44. The van der Waals surface area contributed by atoms with Crippen molar-refractivity contribution in [2.75, 3.05) is 62.8 Å². The molecule has 0 amide bonds. The predicted molar refractivity (Wildman–Crippen MR) is 166 cm³/mol. The fourth-order valence-corrected chi connectivity index (χ4v) is 6.57. The minimum absolute atomic E-state index is 0.0662. The van der Waals surface area contributed by atoms with E-state index in [2.05, 4.69) is 17.3 Å². The number of rotatable bonds is 13. The maximum absolute atomic E-state index is 13.6. The maximum Gasteiger partial charge on any atom is 0.316 e. The van der Waals surface area contributed by atoms with E-state index in [4.69, 9.17) is 21.1 Å². The third-order valence-electron chi connectivity index (χ3n) is 7.66. The molecule has 1 aliphatic carbocycles. The number of benzene rings is 2. The summed E-state index contributed by atoms with van der Waals surface area (Å²) in [6.45, 7) is 7.82. The van der Waals surface area contributed by atoms with Crippen LogP contribution < -0.4 is 20.5 Å². The van der Waals surface area contributed by atoms with E-state index in [-0.39, 0.29) is 22.5 Å². The number of nitrogens with one attached hydrogen (secondary N) is 1. The Balaban J connectivity index is 1.28.